The van der Waals surface area contributed by atoms with Crippen LogP contribution in [0.5, 0.6) is 5.75 Å². The minimum absolute atomic E-state index is 0.0253. The van der Waals surface area contributed by atoms with E-state index in [9.17, 15) is 14.4 Å². The van der Waals surface area contributed by atoms with Crippen LogP contribution in [0.2, 0.25) is 0 Å². The zero-order valence-electron chi connectivity index (χ0n) is 11.7. The Labute approximate surface area is 122 Å². The number of nitrogens with one attached hydrogen (secondary N) is 1. The lowest BCUT2D eigenvalue weighted by atomic mass is 10.1. The van der Waals surface area contributed by atoms with Crippen molar-refractivity contribution >= 4 is 17.8 Å². The number of amides is 2. The van der Waals surface area contributed by atoms with Gasteiger partial charge < -0.3 is 20.9 Å². The summed E-state index contributed by atoms with van der Waals surface area (Å²) in [6, 6.07) is 5.79. The van der Waals surface area contributed by atoms with Gasteiger partial charge in [0, 0.05) is 6.42 Å². The third kappa shape index (κ3) is 5.94. The van der Waals surface area contributed by atoms with E-state index in [1.807, 2.05) is 0 Å². The molecule has 4 N–H and O–H groups in total. The quantitative estimate of drug-likeness (QED) is 0.627. The maximum atomic E-state index is 11.8. The largest absolute Gasteiger partial charge is 0.497 e. The van der Waals surface area contributed by atoms with Gasteiger partial charge in [0.1, 0.15) is 11.8 Å². The summed E-state index contributed by atoms with van der Waals surface area (Å²) >= 11 is 0. The van der Waals surface area contributed by atoms with Crippen molar-refractivity contribution < 1.29 is 24.2 Å². The second kappa shape index (κ2) is 7.88. The van der Waals surface area contributed by atoms with Crippen LogP contribution in [0.25, 0.3) is 0 Å². The Morgan fingerprint density at radius 1 is 1.38 bits per heavy atom. The van der Waals surface area contributed by atoms with Crippen molar-refractivity contribution in [1.29, 1.82) is 0 Å². The van der Waals surface area contributed by atoms with Crippen LogP contribution in [0.3, 0.4) is 0 Å². The first kappa shape index (κ1) is 16.5. The molecule has 7 heteroatoms. The minimum atomic E-state index is -1.20. The maximum absolute atomic E-state index is 11.8. The van der Waals surface area contributed by atoms with Crippen LogP contribution in [-0.4, -0.2) is 36.0 Å². The molecule has 0 radical (unpaired) electrons. The number of rotatable bonds is 8. The van der Waals surface area contributed by atoms with Gasteiger partial charge in [0.25, 0.3) is 0 Å². The highest BCUT2D eigenvalue weighted by Gasteiger charge is 2.20. The monoisotopic (exact) mass is 294 g/mol. The van der Waals surface area contributed by atoms with Crippen molar-refractivity contribution in [2.24, 2.45) is 5.73 Å². The van der Waals surface area contributed by atoms with E-state index in [1.165, 1.54) is 7.11 Å². The zero-order valence-corrected chi connectivity index (χ0v) is 11.7. The molecule has 0 bridgehead atoms. The third-order valence-electron chi connectivity index (χ3n) is 2.81. The molecule has 0 aliphatic carbocycles. The molecular formula is C14H18N2O5. The van der Waals surface area contributed by atoms with Gasteiger partial charge in [-0.1, -0.05) is 12.1 Å². The number of carbonyl (C=O) groups excluding carboxylic acids is 2. The molecule has 0 spiro atoms. The number of carboxylic acids is 1. The van der Waals surface area contributed by atoms with Gasteiger partial charge in [0.05, 0.1) is 13.5 Å². The summed E-state index contributed by atoms with van der Waals surface area (Å²) in [4.78, 5) is 33.5. The predicted octanol–water partition coefficient (Wildman–Crippen LogP) is 0.0726. The fourth-order valence-electron chi connectivity index (χ4n) is 1.76. The second-order valence-electron chi connectivity index (χ2n) is 4.49. The van der Waals surface area contributed by atoms with Crippen molar-refractivity contribution in [3.05, 3.63) is 29.8 Å². The molecule has 0 aromatic heterocycles. The smallest absolute Gasteiger partial charge is 0.326 e. The summed E-state index contributed by atoms with van der Waals surface area (Å²) in [5, 5.41) is 11.4. The number of aliphatic carboxylic acids is 1. The van der Waals surface area contributed by atoms with E-state index in [4.69, 9.17) is 15.6 Å². The first-order chi connectivity index (χ1) is 9.92. The van der Waals surface area contributed by atoms with Gasteiger partial charge in [-0.05, 0) is 24.1 Å². The van der Waals surface area contributed by atoms with Gasteiger partial charge in [-0.3, -0.25) is 9.59 Å². The first-order valence-corrected chi connectivity index (χ1v) is 6.35. The number of hydrogen-bond acceptors (Lipinski definition) is 4. The standard InChI is InChI=1S/C14H18N2O5/c1-21-10-4-2-3-9(7-10)8-13(18)16-11(14(19)20)5-6-12(15)17/h2-4,7,11H,5-6,8H2,1H3,(H2,15,17)(H,16,18)(H,19,20)/t11-/m0/s1. The van der Waals surface area contributed by atoms with Crippen molar-refractivity contribution in [2.45, 2.75) is 25.3 Å². The zero-order chi connectivity index (χ0) is 15.8. The molecule has 1 aromatic rings. The van der Waals surface area contributed by atoms with Gasteiger partial charge in [-0.2, -0.15) is 0 Å². The average molecular weight is 294 g/mol. The molecule has 7 nitrogen and oxygen atoms in total. The number of benzene rings is 1. The van der Waals surface area contributed by atoms with Crippen molar-refractivity contribution in [1.82, 2.24) is 5.32 Å². The van der Waals surface area contributed by atoms with E-state index in [1.54, 1.807) is 24.3 Å². The fraction of sp³-hybridized carbons (Fsp3) is 0.357. The fourth-order valence-corrected chi connectivity index (χ4v) is 1.76. The Kier molecular flexibility index (Phi) is 6.19. The molecule has 114 valence electrons. The van der Waals surface area contributed by atoms with E-state index in [-0.39, 0.29) is 19.3 Å². The highest BCUT2D eigenvalue weighted by atomic mass is 16.5. The van der Waals surface area contributed by atoms with Crippen molar-refractivity contribution in [3.8, 4) is 5.75 Å². The SMILES string of the molecule is COc1cccc(CC(=O)N[C@@H](CCC(N)=O)C(=O)O)c1. The van der Waals surface area contributed by atoms with Crippen LogP contribution in [0.1, 0.15) is 18.4 Å². The summed E-state index contributed by atoms with van der Waals surface area (Å²) in [5.41, 5.74) is 5.67. The summed E-state index contributed by atoms with van der Waals surface area (Å²) in [7, 11) is 1.52. The summed E-state index contributed by atoms with van der Waals surface area (Å²) < 4.78 is 5.04. The lowest BCUT2D eigenvalue weighted by Crippen LogP contribution is -2.42. The van der Waals surface area contributed by atoms with Crippen LogP contribution in [0.15, 0.2) is 24.3 Å². The Bertz CT molecular complexity index is 530. The molecule has 0 saturated carbocycles. The van der Waals surface area contributed by atoms with Crippen LogP contribution in [0, 0.1) is 0 Å². The first-order valence-electron chi connectivity index (χ1n) is 6.35. The number of primary amides is 1. The van der Waals surface area contributed by atoms with Crippen LogP contribution < -0.4 is 15.8 Å². The topological polar surface area (TPSA) is 119 Å². The molecule has 0 aliphatic rings. The minimum Gasteiger partial charge on any atom is -0.497 e. The molecule has 0 heterocycles. The number of carboxylic acid groups (broad SMARTS) is 1. The van der Waals surface area contributed by atoms with Gasteiger partial charge in [0.15, 0.2) is 0 Å². The van der Waals surface area contributed by atoms with Crippen molar-refractivity contribution in [2.75, 3.05) is 7.11 Å². The number of ether oxygens (including phenoxy) is 1. The lowest BCUT2D eigenvalue weighted by molar-refractivity contribution is -0.142. The number of hydrogen-bond donors (Lipinski definition) is 3. The normalized spacial score (nSPS) is 11.5. The molecule has 1 aromatic carbocycles. The molecule has 0 unspecified atom stereocenters. The molecule has 2 amide bonds. The highest BCUT2D eigenvalue weighted by molar-refractivity contribution is 5.85. The summed E-state index contributed by atoms with van der Waals surface area (Å²) in [6.07, 6.45) is -0.109. The van der Waals surface area contributed by atoms with E-state index >= 15 is 0 Å². The van der Waals surface area contributed by atoms with Crippen LogP contribution in [-0.2, 0) is 20.8 Å². The number of nitrogens with two attached hydrogens (primary N) is 1. The molecule has 21 heavy (non-hydrogen) atoms. The molecule has 1 rings (SSSR count). The summed E-state index contributed by atoms with van der Waals surface area (Å²) in [5.74, 6) is -1.64. The number of carbonyl (C=O) groups is 3. The van der Waals surface area contributed by atoms with Crippen LogP contribution >= 0.6 is 0 Å². The Hall–Kier alpha value is -2.57. The Morgan fingerprint density at radius 2 is 2.10 bits per heavy atom. The van der Waals surface area contributed by atoms with Crippen molar-refractivity contribution in [3.63, 3.8) is 0 Å². The van der Waals surface area contributed by atoms with E-state index in [0.29, 0.717) is 11.3 Å². The summed E-state index contributed by atoms with van der Waals surface area (Å²) in [6.45, 7) is 0. The molecule has 0 saturated heterocycles. The average Bonchev–Trinajstić information content (AvgIpc) is 2.43. The van der Waals surface area contributed by atoms with Gasteiger partial charge in [-0.15, -0.1) is 0 Å². The van der Waals surface area contributed by atoms with E-state index < -0.39 is 23.8 Å². The van der Waals surface area contributed by atoms with Gasteiger partial charge in [-0.25, -0.2) is 4.79 Å². The Balaban J connectivity index is 2.60. The third-order valence-corrected chi connectivity index (χ3v) is 2.81. The lowest BCUT2D eigenvalue weighted by Gasteiger charge is -2.13. The molecule has 0 fully saturated rings. The molecular weight excluding hydrogens is 276 g/mol. The van der Waals surface area contributed by atoms with Gasteiger partial charge in [0.2, 0.25) is 11.8 Å². The molecule has 0 aliphatic heterocycles. The maximum Gasteiger partial charge on any atom is 0.326 e. The second-order valence-corrected chi connectivity index (χ2v) is 4.49. The Morgan fingerprint density at radius 3 is 2.67 bits per heavy atom. The number of methoxy groups -OCH3 is 1. The van der Waals surface area contributed by atoms with Crippen LogP contribution in [0.4, 0.5) is 0 Å². The molecule has 1 atom stereocenters. The highest BCUT2D eigenvalue weighted by Crippen LogP contribution is 2.13. The van der Waals surface area contributed by atoms with Gasteiger partial charge >= 0.3 is 5.97 Å². The van der Waals surface area contributed by atoms with E-state index in [0.717, 1.165) is 0 Å². The predicted molar refractivity (Wildman–Crippen MR) is 74.7 cm³/mol. The van der Waals surface area contributed by atoms with E-state index in [2.05, 4.69) is 5.32 Å².